The molecule has 1 saturated carbocycles. The molecule has 2 amide bonds. The molecule has 0 spiro atoms. The Kier molecular flexibility index (Phi) is 11.8. The van der Waals surface area contributed by atoms with Gasteiger partial charge in [0.25, 0.3) is 10.0 Å². The van der Waals surface area contributed by atoms with Gasteiger partial charge in [-0.1, -0.05) is 38.3 Å². The molecule has 0 aromatic heterocycles. The quantitative estimate of drug-likeness (QED) is 0.243. The lowest BCUT2D eigenvalue weighted by Crippen LogP contribution is -2.54. The summed E-state index contributed by atoms with van der Waals surface area (Å²) in [6, 6.07) is 17.2. The second-order valence-electron chi connectivity index (χ2n) is 11.0. The maximum Gasteiger partial charge on any atom is 0.264 e. The zero-order valence-electron chi connectivity index (χ0n) is 26.1. The summed E-state index contributed by atoms with van der Waals surface area (Å²) < 4.78 is 53.5. The Balaban J connectivity index is 1.70. The predicted octanol–water partition coefficient (Wildman–Crippen LogP) is 5.68. The van der Waals surface area contributed by atoms with Crippen LogP contribution in [0.25, 0.3) is 0 Å². The van der Waals surface area contributed by atoms with Gasteiger partial charge in [0.15, 0.2) is 0 Å². The molecule has 0 radical (unpaired) electrons. The monoisotopic (exact) mass is 639 g/mol. The Morgan fingerprint density at radius 2 is 1.53 bits per heavy atom. The van der Waals surface area contributed by atoms with E-state index in [2.05, 4.69) is 5.32 Å². The molecule has 0 bridgehead atoms. The molecule has 0 aliphatic heterocycles. The van der Waals surface area contributed by atoms with Gasteiger partial charge in [-0.05, 0) is 92.4 Å². The number of hydrogen-bond donors (Lipinski definition) is 1. The van der Waals surface area contributed by atoms with E-state index in [4.69, 9.17) is 9.47 Å². The first-order valence-corrected chi connectivity index (χ1v) is 16.8. The van der Waals surface area contributed by atoms with Crippen LogP contribution in [0.2, 0.25) is 0 Å². The number of amides is 2. The summed E-state index contributed by atoms with van der Waals surface area (Å²) in [5.41, 5.74) is 0.974. The van der Waals surface area contributed by atoms with Crippen LogP contribution in [0, 0.1) is 5.82 Å². The minimum Gasteiger partial charge on any atom is -0.497 e. The third-order valence-corrected chi connectivity index (χ3v) is 9.75. The summed E-state index contributed by atoms with van der Waals surface area (Å²) in [7, 11) is -2.76. The molecule has 11 heteroatoms. The fraction of sp³-hybridized carbons (Fsp3) is 0.412. The minimum atomic E-state index is -4.32. The summed E-state index contributed by atoms with van der Waals surface area (Å²) >= 11 is 0. The van der Waals surface area contributed by atoms with Gasteiger partial charge < -0.3 is 19.7 Å². The lowest BCUT2D eigenvalue weighted by molar-refractivity contribution is -0.140. The molecular weight excluding hydrogens is 597 g/mol. The molecule has 1 aliphatic rings. The van der Waals surface area contributed by atoms with Gasteiger partial charge in [0.05, 0.1) is 24.3 Å². The second kappa shape index (κ2) is 15.7. The SMILES string of the molecule is CCOc1ccc(N(CC(=O)N(Cc2ccc(OC)cc2)[C@@H](CC)C(=O)NC2CCCCC2)S(=O)(=O)c2ccc(F)cc2)cc1. The fourth-order valence-corrected chi connectivity index (χ4v) is 6.94. The van der Waals surface area contributed by atoms with Crippen LogP contribution in [0.4, 0.5) is 10.1 Å². The summed E-state index contributed by atoms with van der Waals surface area (Å²) in [5.74, 6) is -0.224. The van der Waals surface area contributed by atoms with Crippen molar-refractivity contribution in [3.05, 3.63) is 84.2 Å². The first kappa shape index (κ1) is 33.8. The maximum absolute atomic E-state index is 14.3. The highest BCUT2D eigenvalue weighted by Gasteiger charge is 2.34. The molecule has 1 atom stereocenters. The lowest BCUT2D eigenvalue weighted by atomic mass is 9.95. The number of sulfonamides is 1. The topological polar surface area (TPSA) is 105 Å². The van der Waals surface area contributed by atoms with Crippen molar-refractivity contribution < 1.29 is 31.9 Å². The highest BCUT2D eigenvalue weighted by atomic mass is 32.2. The number of rotatable bonds is 14. The molecule has 1 N–H and O–H groups in total. The molecule has 0 unspecified atom stereocenters. The van der Waals surface area contributed by atoms with Crippen LogP contribution in [0.5, 0.6) is 11.5 Å². The fourth-order valence-electron chi connectivity index (χ4n) is 5.53. The van der Waals surface area contributed by atoms with Crippen LogP contribution >= 0.6 is 0 Å². The van der Waals surface area contributed by atoms with Crippen molar-refractivity contribution in [3.63, 3.8) is 0 Å². The van der Waals surface area contributed by atoms with Crippen LogP contribution < -0.4 is 19.1 Å². The van der Waals surface area contributed by atoms with Crippen molar-refractivity contribution in [3.8, 4) is 11.5 Å². The van der Waals surface area contributed by atoms with Crippen molar-refractivity contribution in [1.82, 2.24) is 10.2 Å². The van der Waals surface area contributed by atoms with E-state index in [1.807, 2.05) is 26.0 Å². The molecule has 1 aliphatic carbocycles. The van der Waals surface area contributed by atoms with E-state index in [0.717, 1.165) is 66.2 Å². The van der Waals surface area contributed by atoms with Crippen LogP contribution in [0.3, 0.4) is 0 Å². The van der Waals surface area contributed by atoms with Crippen molar-refractivity contribution in [2.75, 3.05) is 24.6 Å². The Hall–Kier alpha value is -4.12. The van der Waals surface area contributed by atoms with Crippen molar-refractivity contribution in [2.45, 2.75) is 75.9 Å². The van der Waals surface area contributed by atoms with E-state index in [1.54, 1.807) is 43.5 Å². The van der Waals surface area contributed by atoms with Gasteiger partial charge in [-0.3, -0.25) is 13.9 Å². The predicted molar refractivity (Wildman–Crippen MR) is 171 cm³/mol. The number of halogens is 1. The Morgan fingerprint density at radius 1 is 0.911 bits per heavy atom. The standard InChI is InChI=1S/C34H42FN3O6S/c1-4-32(34(40)36-27-9-7-6-8-10-27)37(23-25-11-17-29(43-3)18-12-25)33(39)24-38(28-15-19-30(20-16-28)44-5-2)45(41,42)31-21-13-26(35)14-22-31/h11-22,27,32H,4-10,23-24H2,1-3H3,(H,36,40)/t32-/m0/s1. The summed E-state index contributed by atoms with van der Waals surface area (Å²) in [6.45, 7) is 3.59. The molecule has 3 aromatic rings. The van der Waals surface area contributed by atoms with E-state index in [0.29, 0.717) is 24.5 Å². The molecule has 4 rings (SSSR count). The van der Waals surface area contributed by atoms with E-state index in [-0.39, 0.29) is 29.1 Å². The average Bonchev–Trinajstić information content (AvgIpc) is 3.05. The number of hydrogen-bond acceptors (Lipinski definition) is 6. The van der Waals surface area contributed by atoms with Gasteiger partial charge in [0.2, 0.25) is 11.8 Å². The molecule has 9 nitrogen and oxygen atoms in total. The maximum atomic E-state index is 14.3. The summed E-state index contributed by atoms with van der Waals surface area (Å²) in [5, 5.41) is 3.14. The number of anilines is 1. The lowest BCUT2D eigenvalue weighted by Gasteiger charge is -2.34. The summed E-state index contributed by atoms with van der Waals surface area (Å²) in [4.78, 5) is 29.2. The van der Waals surface area contributed by atoms with Gasteiger partial charge in [-0.15, -0.1) is 0 Å². The molecule has 242 valence electrons. The molecule has 0 heterocycles. The number of nitrogens with one attached hydrogen (secondary N) is 1. The number of carbonyl (C=O) groups is 2. The van der Waals surface area contributed by atoms with Crippen LogP contribution in [0.1, 0.15) is 57.9 Å². The van der Waals surface area contributed by atoms with E-state index >= 15 is 0 Å². The first-order valence-electron chi connectivity index (χ1n) is 15.4. The normalized spacial score (nSPS) is 14.3. The van der Waals surface area contributed by atoms with E-state index in [1.165, 1.54) is 4.90 Å². The average molecular weight is 640 g/mol. The van der Waals surface area contributed by atoms with Crippen molar-refractivity contribution >= 4 is 27.5 Å². The molecular formula is C34H42FN3O6S. The van der Waals surface area contributed by atoms with E-state index in [9.17, 15) is 22.4 Å². The third kappa shape index (κ3) is 8.75. The Bertz CT molecular complexity index is 1510. The summed E-state index contributed by atoms with van der Waals surface area (Å²) in [6.07, 6.45) is 5.30. The number of carbonyl (C=O) groups excluding carboxylic acids is 2. The molecule has 0 saturated heterocycles. The van der Waals surface area contributed by atoms with Gasteiger partial charge in [0, 0.05) is 12.6 Å². The Morgan fingerprint density at radius 3 is 2.11 bits per heavy atom. The first-order chi connectivity index (χ1) is 21.7. The van der Waals surface area contributed by atoms with Gasteiger partial charge in [-0.2, -0.15) is 0 Å². The highest BCUT2D eigenvalue weighted by molar-refractivity contribution is 7.92. The van der Waals surface area contributed by atoms with Crippen LogP contribution in [-0.4, -0.2) is 57.5 Å². The molecule has 45 heavy (non-hydrogen) atoms. The second-order valence-corrected chi connectivity index (χ2v) is 12.9. The molecule has 1 fully saturated rings. The largest absolute Gasteiger partial charge is 0.497 e. The third-order valence-electron chi connectivity index (χ3n) is 7.97. The Labute approximate surface area is 265 Å². The zero-order chi connectivity index (χ0) is 32.4. The number of nitrogens with zero attached hydrogens (tertiary/aromatic N) is 2. The van der Waals surface area contributed by atoms with Crippen LogP contribution in [-0.2, 0) is 26.2 Å². The smallest absolute Gasteiger partial charge is 0.264 e. The van der Waals surface area contributed by atoms with Gasteiger partial charge in [0.1, 0.15) is 29.9 Å². The number of ether oxygens (including phenoxy) is 2. The van der Waals surface area contributed by atoms with E-state index < -0.39 is 34.3 Å². The van der Waals surface area contributed by atoms with Crippen molar-refractivity contribution in [1.29, 1.82) is 0 Å². The molecule has 3 aromatic carbocycles. The van der Waals surface area contributed by atoms with Gasteiger partial charge >= 0.3 is 0 Å². The minimum absolute atomic E-state index is 0.0393. The van der Waals surface area contributed by atoms with Gasteiger partial charge in [-0.25, -0.2) is 12.8 Å². The zero-order valence-corrected chi connectivity index (χ0v) is 26.9. The highest BCUT2D eigenvalue weighted by Crippen LogP contribution is 2.27. The van der Waals surface area contributed by atoms with Crippen molar-refractivity contribution in [2.24, 2.45) is 0 Å². The number of benzene rings is 3. The number of methoxy groups -OCH3 is 1. The van der Waals surface area contributed by atoms with Crippen LogP contribution in [0.15, 0.2) is 77.7 Å².